The number of nitrogens with zero attached hydrogens (tertiary/aromatic N) is 3. The number of hydrogen-bond acceptors (Lipinski definition) is 6. The number of amidine groups is 1. The van der Waals surface area contributed by atoms with Gasteiger partial charge in [0.1, 0.15) is 0 Å². The molecule has 1 aliphatic heterocycles. The maximum absolute atomic E-state index is 12.4. The summed E-state index contributed by atoms with van der Waals surface area (Å²) in [4.78, 5) is 36.6. The molecule has 1 aromatic rings. The second-order valence-corrected chi connectivity index (χ2v) is 6.62. The number of carboxylic acid groups (broad SMARTS) is 1. The molecule has 0 saturated carbocycles. The molecule has 0 bridgehead atoms. The van der Waals surface area contributed by atoms with Crippen LogP contribution in [0.3, 0.4) is 0 Å². The van der Waals surface area contributed by atoms with Crippen LogP contribution in [0.5, 0.6) is 0 Å². The van der Waals surface area contributed by atoms with Crippen molar-refractivity contribution in [2.75, 3.05) is 19.3 Å². The second kappa shape index (κ2) is 7.96. The Morgan fingerprint density at radius 1 is 1.29 bits per heavy atom. The molecule has 0 fully saturated rings. The number of hydrogen-bond donors (Lipinski definition) is 1. The number of thioether (sulfide) groups is 1. The van der Waals surface area contributed by atoms with Crippen molar-refractivity contribution in [3.05, 3.63) is 35.9 Å². The Morgan fingerprint density at radius 2 is 1.96 bits per heavy atom. The third kappa shape index (κ3) is 4.35. The van der Waals surface area contributed by atoms with E-state index >= 15 is 0 Å². The average Bonchev–Trinajstić information content (AvgIpc) is 2.54. The monoisotopic (exact) mass is 349 g/mol. The summed E-state index contributed by atoms with van der Waals surface area (Å²) >= 11 is 1.04. The summed E-state index contributed by atoms with van der Waals surface area (Å²) in [5, 5.41) is 14.6. The van der Waals surface area contributed by atoms with Crippen molar-refractivity contribution in [2.45, 2.75) is 19.4 Å². The van der Waals surface area contributed by atoms with Gasteiger partial charge in [-0.2, -0.15) is 5.10 Å². The van der Waals surface area contributed by atoms with Gasteiger partial charge in [-0.15, -0.1) is 0 Å². The summed E-state index contributed by atoms with van der Waals surface area (Å²) in [5.74, 6) is -0.660. The molecule has 7 nitrogen and oxygen atoms in total. The summed E-state index contributed by atoms with van der Waals surface area (Å²) in [5.41, 5.74) is 0.805. The minimum absolute atomic E-state index is 0.0588. The largest absolute Gasteiger partial charge is 0.480 e. The van der Waals surface area contributed by atoms with E-state index in [0.29, 0.717) is 11.6 Å². The number of likely N-dealkylation sites (N-methyl/N-ethyl adjacent to an activating group) is 1. The number of amides is 1. The van der Waals surface area contributed by atoms with Crippen LogP contribution in [-0.2, 0) is 14.4 Å². The fraction of sp³-hybridized carbons (Fsp3) is 0.375. The molecule has 1 aromatic carbocycles. The molecular formula is C16H19N3O4S. The maximum Gasteiger partial charge on any atom is 0.330 e. The van der Waals surface area contributed by atoms with Crippen LogP contribution in [0.15, 0.2) is 35.4 Å². The Bertz CT molecular complexity index is 663. The molecule has 1 N–H and O–H groups in total. The van der Waals surface area contributed by atoms with Crippen molar-refractivity contribution in [3.63, 3.8) is 0 Å². The van der Waals surface area contributed by atoms with Crippen molar-refractivity contribution in [1.82, 2.24) is 9.91 Å². The van der Waals surface area contributed by atoms with Gasteiger partial charge in [0.2, 0.25) is 5.91 Å². The lowest BCUT2D eigenvalue weighted by atomic mass is 10.1. The van der Waals surface area contributed by atoms with Gasteiger partial charge >= 0.3 is 5.97 Å². The second-order valence-electron chi connectivity index (χ2n) is 5.35. The highest BCUT2D eigenvalue weighted by molar-refractivity contribution is 8.13. The SMILES string of the molecule is CC(=O)SCCC(=O)N1N=C(c2ccccc2)N(C)CC1C(=O)O. The summed E-state index contributed by atoms with van der Waals surface area (Å²) < 4.78 is 0. The van der Waals surface area contributed by atoms with Gasteiger partial charge < -0.3 is 10.0 Å². The van der Waals surface area contributed by atoms with Gasteiger partial charge in [0.15, 0.2) is 17.0 Å². The van der Waals surface area contributed by atoms with Crippen LogP contribution in [0.4, 0.5) is 0 Å². The fourth-order valence-electron chi connectivity index (χ4n) is 2.35. The standard InChI is InChI=1S/C16H19N3O4S/c1-11(20)24-9-8-14(21)19-13(16(22)23)10-18(2)15(17-19)12-6-4-3-5-7-12/h3-7,13H,8-10H2,1-2H3,(H,22,23). The Kier molecular flexibility index (Phi) is 5.97. The third-order valence-electron chi connectivity index (χ3n) is 3.50. The average molecular weight is 349 g/mol. The van der Waals surface area contributed by atoms with Crippen LogP contribution in [-0.4, -0.2) is 63.2 Å². The Balaban J connectivity index is 2.25. The van der Waals surface area contributed by atoms with Crippen LogP contribution < -0.4 is 0 Å². The van der Waals surface area contributed by atoms with Crippen molar-refractivity contribution < 1.29 is 19.5 Å². The van der Waals surface area contributed by atoms with E-state index in [2.05, 4.69) is 5.10 Å². The van der Waals surface area contributed by atoms with Crippen LogP contribution in [0.25, 0.3) is 0 Å². The molecule has 0 spiro atoms. The number of rotatable bonds is 5. The molecule has 24 heavy (non-hydrogen) atoms. The zero-order valence-corrected chi connectivity index (χ0v) is 14.3. The molecular weight excluding hydrogens is 330 g/mol. The molecule has 0 radical (unpaired) electrons. The number of carbonyl (C=O) groups excluding carboxylic acids is 2. The lowest BCUT2D eigenvalue weighted by molar-refractivity contribution is -0.151. The quantitative estimate of drug-likeness (QED) is 0.860. The number of hydrazone groups is 1. The predicted octanol–water partition coefficient (Wildman–Crippen LogP) is 1.25. The van der Waals surface area contributed by atoms with Gasteiger partial charge in [0, 0.05) is 31.7 Å². The van der Waals surface area contributed by atoms with Crippen LogP contribution >= 0.6 is 11.8 Å². The predicted molar refractivity (Wildman–Crippen MR) is 91.6 cm³/mol. The summed E-state index contributed by atoms with van der Waals surface area (Å²) in [7, 11) is 1.75. The van der Waals surface area contributed by atoms with E-state index in [4.69, 9.17) is 0 Å². The fourth-order valence-corrected chi connectivity index (χ4v) is 2.91. The van der Waals surface area contributed by atoms with E-state index < -0.39 is 17.9 Å². The molecule has 2 rings (SSSR count). The lowest BCUT2D eigenvalue weighted by Gasteiger charge is -2.35. The van der Waals surface area contributed by atoms with Gasteiger partial charge in [-0.3, -0.25) is 9.59 Å². The minimum Gasteiger partial charge on any atom is -0.480 e. The highest BCUT2D eigenvalue weighted by atomic mass is 32.2. The minimum atomic E-state index is -1.11. The molecule has 1 unspecified atom stereocenters. The zero-order chi connectivity index (χ0) is 17.7. The maximum atomic E-state index is 12.4. The number of benzene rings is 1. The molecule has 8 heteroatoms. The molecule has 1 aliphatic rings. The molecule has 0 aromatic heterocycles. The van der Waals surface area contributed by atoms with Crippen molar-refractivity contribution in [1.29, 1.82) is 0 Å². The first-order valence-corrected chi connectivity index (χ1v) is 8.42. The molecule has 0 saturated heterocycles. The first kappa shape index (κ1) is 18.0. The first-order chi connectivity index (χ1) is 11.4. The summed E-state index contributed by atoms with van der Waals surface area (Å²) in [6, 6.07) is 8.23. The Hall–Kier alpha value is -2.35. The first-order valence-electron chi connectivity index (χ1n) is 7.43. The Morgan fingerprint density at radius 3 is 2.54 bits per heavy atom. The highest BCUT2D eigenvalue weighted by Gasteiger charge is 2.36. The van der Waals surface area contributed by atoms with E-state index in [1.54, 1.807) is 11.9 Å². The summed E-state index contributed by atoms with van der Waals surface area (Å²) in [6.45, 7) is 1.57. The van der Waals surface area contributed by atoms with Crippen LogP contribution in [0.1, 0.15) is 18.9 Å². The molecule has 1 heterocycles. The summed E-state index contributed by atoms with van der Waals surface area (Å²) in [6.07, 6.45) is 0.0588. The molecule has 1 amide bonds. The highest BCUT2D eigenvalue weighted by Crippen LogP contribution is 2.18. The van der Waals surface area contributed by atoms with Gasteiger partial charge in [0.05, 0.1) is 6.54 Å². The Labute approximate surface area is 144 Å². The van der Waals surface area contributed by atoms with Crippen molar-refractivity contribution in [3.8, 4) is 0 Å². The normalized spacial score (nSPS) is 17.4. The van der Waals surface area contributed by atoms with Crippen LogP contribution in [0.2, 0.25) is 0 Å². The van der Waals surface area contributed by atoms with E-state index in [9.17, 15) is 19.5 Å². The van der Waals surface area contributed by atoms with Gasteiger partial charge in [-0.05, 0) is 0 Å². The number of carboxylic acids is 1. The third-order valence-corrected chi connectivity index (χ3v) is 4.31. The van der Waals surface area contributed by atoms with Gasteiger partial charge in [-0.25, -0.2) is 9.80 Å². The zero-order valence-electron chi connectivity index (χ0n) is 13.5. The van der Waals surface area contributed by atoms with E-state index in [0.717, 1.165) is 22.3 Å². The lowest BCUT2D eigenvalue weighted by Crippen LogP contribution is -2.54. The topological polar surface area (TPSA) is 90.3 Å². The molecule has 1 atom stereocenters. The van der Waals surface area contributed by atoms with E-state index in [1.807, 2.05) is 30.3 Å². The van der Waals surface area contributed by atoms with Gasteiger partial charge in [-0.1, -0.05) is 42.1 Å². The molecule has 128 valence electrons. The van der Waals surface area contributed by atoms with E-state index in [-0.39, 0.29) is 18.1 Å². The van der Waals surface area contributed by atoms with E-state index in [1.165, 1.54) is 6.92 Å². The van der Waals surface area contributed by atoms with Crippen molar-refractivity contribution >= 4 is 34.6 Å². The van der Waals surface area contributed by atoms with Crippen molar-refractivity contribution in [2.24, 2.45) is 5.10 Å². The number of carbonyl (C=O) groups is 3. The van der Waals surface area contributed by atoms with Gasteiger partial charge in [0.25, 0.3) is 0 Å². The number of aliphatic carboxylic acids is 1. The van der Waals surface area contributed by atoms with Crippen LogP contribution in [0, 0.1) is 0 Å². The molecule has 0 aliphatic carbocycles. The smallest absolute Gasteiger partial charge is 0.330 e.